The topological polar surface area (TPSA) is 43.8 Å². The van der Waals surface area contributed by atoms with Crippen LogP contribution < -0.4 is 5.73 Å². The van der Waals surface area contributed by atoms with Crippen molar-refractivity contribution in [2.75, 3.05) is 5.73 Å². The predicted molar refractivity (Wildman–Crippen MR) is 85.3 cm³/mol. The largest absolute Gasteiger partial charge is 0.396 e. The van der Waals surface area contributed by atoms with Crippen LogP contribution >= 0.6 is 15.9 Å². The summed E-state index contributed by atoms with van der Waals surface area (Å²) >= 11 is 3.47. The maximum Gasteiger partial charge on any atom is 0.115 e. The van der Waals surface area contributed by atoms with Crippen LogP contribution in [0.2, 0.25) is 0 Å². The van der Waals surface area contributed by atoms with Crippen molar-refractivity contribution in [1.29, 1.82) is 0 Å². The molecular weight excluding hydrogens is 314 g/mol. The highest BCUT2D eigenvalue weighted by Gasteiger charge is 2.09. The van der Waals surface area contributed by atoms with E-state index in [0.717, 1.165) is 22.3 Å². The second-order valence-electron chi connectivity index (χ2n) is 4.63. The Hall–Kier alpha value is -2.07. The molecule has 1 aromatic heterocycles. The summed E-state index contributed by atoms with van der Waals surface area (Å²) in [5.41, 5.74) is 9.82. The van der Waals surface area contributed by atoms with Crippen LogP contribution in [0.3, 0.4) is 0 Å². The van der Waals surface area contributed by atoms with Crippen LogP contribution in [-0.2, 0) is 6.54 Å². The Morgan fingerprint density at radius 3 is 2.60 bits per heavy atom. The number of halogens is 1. The average molecular weight is 328 g/mol. The molecule has 0 unspecified atom stereocenters. The number of nitrogen functional groups attached to an aromatic ring is 1. The molecule has 0 saturated heterocycles. The molecule has 0 fully saturated rings. The second kappa shape index (κ2) is 5.51. The lowest BCUT2D eigenvalue weighted by Gasteiger charge is -2.01. The molecule has 3 nitrogen and oxygen atoms in total. The van der Waals surface area contributed by atoms with Crippen molar-refractivity contribution in [2.24, 2.45) is 0 Å². The molecule has 0 amide bonds. The summed E-state index contributed by atoms with van der Waals surface area (Å²) in [5.74, 6) is 0. The molecule has 3 rings (SSSR count). The van der Waals surface area contributed by atoms with E-state index in [0.29, 0.717) is 5.69 Å². The molecule has 0 spiro atoms. The zero-order valence-corrected chi connectivity index (χ0v) is 12.4. The quantitative estimate of drug-likeness (QED) is 0.791. The molecular formula is C16H14BrN3. The van der Waals surface area contributed by atoms with E-state index in [1.54, 1.807) is 0 Å². The molecule has 2 N–H and O–H groups in total. The molecule has 3 aromatic rings. The van der Waals surface area contributed by atoms with Gasteiger partial charge in [0.25, 0.3) is 0 Å². The zero-order valence-electron chi connectivity index (χ0n) is 10.8. The number of hydrogen-bond donors (Lipinski definition) is 1. The van der Waals surface area contributed by atoms with Crippen LogP contribution in [-0.4, -0.2) is 9.78 Å². The van der Waals surface area contributed by atoms with Crippen LogP contribution in [0.1, 0.15) is 5.56 Å². The van der Waals surface area contributed by atoms with Crippen molar-refractivity contribution >= 4 is 21.6 Å². The SMILES string of the molecule is Nc1cn(Cc2ccccc2)nc1-c1cccc(Br)c1. The minimum absolute atomic E-state index is 0.694. The van der Waals surface area contributed by atoms with Gasteiger partial charge in [0.05, 0.1) is 12.2 Å². The van der Waals surface area contributed by atoms with Gasteiger partial charge in [-0.25, -0.2) is 0 Å². The van der Waals surface area contributed by atoms with Crippen molar-refractivity contribution in [3.63, 3.8) is 0 Å². The fourth-order valence-corrected chi connectivity index (χ4v) is 2.55. The van der Waals surface area contributed by atoms with E-state index in [4.69, 9.17) is 5.73 Å². The minimum Gasteiger partial charge on any atom is -0.396 e. The Morgan fingerprint density at radius 2 is 1.85 bits per heavy atom. The maximum atomic E-state index is 6.08. The lowest BCUT2D eigenvalue weighted by Crippen LogP contribution is -2.00. The first-order valence-corrected chi connectivity index (χ1v) is 7.14. The van der Waals surface area contributed by atoms with Crippen molar-refractivity contribution in [3.05, 3.63) is 70.8 Å². The number of nitrogens with zero attached hydrogens (tertiary/aromatic N) is 2. The second-order valence-corrected chi connectivity index (χ2v) is 5.54. The van der Waals surface area contributed by atoms with Crippen LogP contribution in [0.4, 0.5) is 5.69 Å². The van der Waals surface area contributed by atoms with Gasteiger partial charge in [-0.2, -0.15) is 5.10 Å². The Labute approximate surface area is 126 Å². The number of nitrogens with two attached hydrogens (primary N) is 1. The Morgan fingerprint density at radius 1 is 1.05 bits per heavy atom. The number of benzene rings is 2. The first kappa shape index (κ1) is 12.9. The van der Waals surface area contributed by atoms with E-state index >= 15 is 0 Å². The third kappa shape index (κ3) is 2.75. The van der Waals surface area contributed by atoms with Gasteiger partial charge in [0.15, 0.2) is 0 Å². The molecule has 1 heterocycles. The highest BCUT2D eigenvalue weighted by molar-refractivity contribution is 9.10. The Kier molecular flexibility index (Phi) is 3.56. The molecule has 20 heavy (non-hydrogen) atoms. The fraction of sp³-hybridized carbons (Fsp3) is 0.0625. The van der Waals surface area contributed by atoms with Crippen LogP contribution in [0.5, 0.6) is 0 Å². The smallest absolute Gasteiger partial charge is 0.115 e. The fourth-order valence-electron chi connectivity index (χ4n) is 2.15. The summed E-state index contributed by atoms with van der Waals surface area (Å²) < 4.78 is 2.90. The molecule has 0 atom stereocenters. The van der Waals surface area contributed by atoms with Gasteiger partial charge in [-0.05, 0) is 17.7 Å². The number of hydrogen-bond acceptors (Lipinski definition) is 2. The summed E-state index contributed by atoms with van der Waals surface area (Å²) in [4.78, 5) is 0. The van der Waals surface area contributed by atoms with Crippen molar-refractivity contribution in [3.8, 4) is 11.3 Å². The first-order valence-electron chi connectivity index (χ1n) is 6.35. The molecule has 0 radical (unpaired) electrons. The molecule has 0 saturated carbocycles. The Bertz CT molecular complexity index is 720. The first-order chi connectivity index (χ1) is 9.72. The Balaban J connectivity index is 1.91. The highest BCUT2D eigenvalue weighted by Crippen LogP contribution is 2.26. The van der Waals surface area contributed by atoms with Gasteiger partial charge >= 0.3 is 0 Å². The standard InChI is InChI=1S/C16H14BrN3/c17-14-8-4-7-13(9-14)16-15(18)11-20(19-16)10-12-5-2-1-3-6-12/h1-9,11H,10,18H2. The van der Waals surface area contributed by atoms with E-state index in [9.17, 15) is 0 Å². The molecule has 0 aliphatic rings. The molecule has 4 heteroatoms. The third-order valence-electron chi connectivity index (χ3n) is 3.08. The van der Waals surface area contributed by atoms with Crippen LogP contribution in [0, 0.1) is 0 Å². The van der Waals surface area contributed by atoms with Crippen molar-refractivity contribution < 1.29 is 0 Å². The third-order valence-corrected chi connectivity index (χ3v) is 3.57. The van der Waals surface area contributed by atoms with Crippen molar-refractivity contribution in [2.45, 2.75) is 6.54 Å². The van der Waals surface area contributed by atoms with Gasteiger partial charge in [-0.15, -0.1) is 0 Å². The molecule has 2 aromatic carbocycles. The number of anilines is 1. The van der Waals surface area contributed by atoms with Gasteiger partial charge in [-0.3, -0.25) is 4.68 Å². The lowest BCUT2D eigenvalue weighted by atomic mass is 10.1. The highest BCUT2D eigenvalue weighted by atomic mass is 79.9. The van der Waals surface area contributed by atoms with Gasteiger partial charge in [0, 0.05) is 16.2 Å². The normalized spacial score (nSPS) is 10.7. The number of aromatic nitrogens is 2. The van der Waals surface area contributed by atoms with Gasteiger partial charge in [0.1, 0.15) is 5.69 Å². The molecule has 0 aliphatic carbocycles. The molecule has 0 aliphatic heterocycles. The van der Waals surface area contributed by atoms with Crippen LogP contribution in [0.15, 0.2) is 65.3 Å². The monoisotopic (exact) mass is 327 g/mol. The van der Waals surface area contributed by atoms with E-state index in [1.165, 1.54) is 5.56 Å². The maximum absolute atomic E-state index is 6.08. The molecule has 0 bridgehead atoms. The summed E-state index contributed by atoms with van der Waals surface area (Å²) in [7, 11) is 0. The summed E-state index contributed by atoms with van der Waals surface area (Å²) in [6.07, 6.45) is 1.88. The van der Waals surface area contributed by atoms with Gasteiger partial charge < -0.3 is 5.73 Å². The van der Waals surface area contributed by atoms with E-state index in [2.05, 4.69) is 33.2 Å². The van der Waals surface area contributed by atoms with Crippen molar-refractivity contribution in [1.82, 2.24) is 9.78 Å². The van der Waals surface area contributed by atoms with E-state index < -0.39 is 0 Å². The van der Waals surface area contributed by atoms with Crippen LogP contribution in [0.25, 0.3) is 11.3 Å². The predicted octanol–water partition coefficient (Wildman–Crippen LogP) is 3.94. The van der Waals surface area contributed by atoms with E-state index in [-0.39, 0.29) is 0 Å². The van der Waals surface area contributed by atoms with Gasteiger partial charge in [0.2, 0.25) is 0 Å². The molecule has 100 valence electrons. The average Bonchev–Trinajstić information content (AvgIpc) is 2.81. The lowest BCUT2D eigenvalue weighted by molar-refractivity contribution is 0.689. The summed E-state index contributed by atoms with van der Waals surface area (Å²) in [6.45, 7) is 0.721. The summed E-state index contributed by atoms with van der Waals surface area (Å²) in [5, 5.41) is 4.59. The minimum atomic E-state index is 0.694. The number of rotatable bonds is 3. The summed E-state index contributed by atoms with van der Waals surface area (Å²) in [6, 6.07) is 18.2. The van der Waals surface area contributed by atoms with E-state index in [1.807, 2.05) is 53.3 Å². The van der Waals surface area contributed by atoms with Gasteiger partial charge in [-0.1, -0.05) is 58.4 Å². The zero-order chi connectivity index (χ0) is 13.9.